The topological polar surface area (TPSA) is 80.6 Å². The summed E-state index contributed by atoms with van der Waals surface area (Å²) in [6.45, 7) is 4.51. The van der Waals surface area contributed by atoms with Crippen molar-refractivity contribution in [1.82, 2.24) is 14.2 Å². The van der Waals surface area contributed by atoms with E-state index in [1.165, 1.54) is 22.4 Å². The molecule has 28 heavy (non-hydrogen) atoms. The molecule has 2 heterocycles. The first-order chi connectivity index (χ1) is 13.4. The van der Waals surface area contributed by atoms with E-state index in [0.717, 1.165) is 32.5 Å². The molecule has 0 saturated carbocycles. The number of hydrogen-bond donors (Lipinski definition) is 1. The molecule has 0 amide bonds. The average molecular weight is 406 g/mol. The molecule has 1 saturated heterocycles. The van der Waals surface area contributed by atoms with Gasteiger partial charge in [-0.3, -0.25) is 4.90 Å². The Morgan fingerprint density at radius 1 is 1.21 bits per heavy atom. The Balaban J connectivity index is 1.58. The third-order valence-electron chi connectivity index (χ3n) is 4.93. The Morgan fingerprint density at radius 2 is 1.89 bits per heavy atom. The number of aryl methyl sites for hydroxylation is 1. The summed E-state index contributed by atoms with van der Waals surface area (Å²) in [5, 5.41) is 0. The molecule has 3 rings (SSSR count). The summed E-state index contributed by atoms with van der Waals surface area (Å²) < 4.78 is 34.7. The van der Waals surface area contributed by atoms with Crippen LogP contribution in [-0.4, -0.2) is 49.6 Å². The van der Waals surface area contributed by atoms with Crippen LogP contribution in [0.2, 0.25) is 0 Å². The second kappa shape index (κ2) is 8.89. The van der Waals surface area contributed by atoms with Gasteiger partial charge in [0.05, 0.1) is 6.61 Å². The van der Waals surface area contributed by atoms with Gasteiger partial charge in [-0.2, -0.15) is 0 Å². The highest BCUT2D eigenvalue weighted by molar-refractivity contribution is 7.89. The predicted octanol–water partition coefficient (Wildman–Crippen LogP) is 2.14. The molecule has 0 radical (unpaired) electrons. The number of benzene rings is 1. The van der Waals surface area contributed by atoms with Crippen molar-refractivity contribution in [2.45, 2.75) is 37.2 Å². The van der Waals surface area contributed by atoms with E-state index in [4.69, 9.17) is 4.74 Å². The molecule has 8 heteroatoms. The van der Waals surface area contributed by atoms with Gasteiger partial charge in [-0.25, -0.2) is 17.9 Å². The number of aromatic nitrogens is 1. The van der Waals surface area contributed by atoms with E-state index in [1.54, 1.807) is 14.0 Å². The van der Waals surface area contributed by atoms with E-state index in [9.17, 15) is 13.2 Å². The highest BCUT2D eigenvalue weighted by atomic mass is 32.2. The van der Waals surface area contributed by atoms with Crippen LogP contribution in [0.15, 0.2) is 47.5 Å². The summed E-state index contributed by atoms with van der Waals surface area (Å²) in [7, 11) is -2.05. The summed E-state index contributed by atoms with van der Waals surface area (Å²) >= 11 is 0. The number of carbonyl (C=O) groups excluding carboxylic acids is 1. The molecule has 0 aliphatic carbocycles. The van der Waals surface area contributed by atoms with Crippen molar-refractivity contribution in [3.63, 3.8) is 0 Å². The largest absolute Gasteiger partial charge is 0.461 e. The number of nitrogens with zero attached hydrogens (tertiary/aromatic N) is 2. The summed E-state index contributed by atoms with van der Waals surface area (Å²) in [5.41, 5.74) is 1.48. The van der Waals surface area contributed by atoms with Crippen molar-refractivity contribution in [2.75, 3.05) is 19.7 Å². The molecule has 1 fully saturated rings. The number of likely N-dealkylation sites (tertiary alicyclic amines) is 1. The van der Waals surface area contributed by atoms with Crippen molar-refractivity contribution >= 4 is 16.0 Å². The van der Waals surface area contributed by atoms with E-state index in [2.05, 4.69) is 21.8 Å². The second-order valence-electron chi connectivity index (χ2n) is 7.05. The van der Waals surface area contributed by atoms with Crippen LogP contribution in [0.5, 0.6) is 0 Å². The van der Waals surface area contributed by atoms with Crippen molar-refractivity contribution < 1.29 is 17.9 Å². The van der Waals surface area contributed by atoms with Crippen LogP contribution >= 0.6 is 0 Å². The van der Waals surface area contributed by atoms with Crippen molar-refractivity contribution in [3.05, 3.63) is 53.9 Å². The summed E-state index contributed by atoms with van der Waals surface area (Å²) in [5.74, 6) is -0.527. The number of esters is 1. The van der Waals surface area contributed by atoms with Gasteiger partial charge in [0.15, 0.2) is 0 Å². The summed E-state index contributed by atoms with van der Waals surface area (Å²) in [4.78, 5) is 14.3. The Morgan fingerprint density at radius 3 is 2.54 bits per heavy atom. The molecule has 7 nitrogen and oxygen atoms in total. The first-order valence-corrected chi connectivity index (χ1v) is 11.0. The molecule has 0 atom stereocenters. The minimum Gasteiger partial charge on any atom is -0.461 e. The highest BCUT2D eigenvalue weighted by Gasteiger charge is 2.27. The van der Waals surface area contributed by atoms with E-state index in [-0.39, 0.29) is 23.2 Å². The van der Waals surface area contributed by atoms with Gasteiger partial charge in [0.2, 0.25) is 10.0 Å². The number of carbonyl (C=O) groups is 1. The van der Waals surface area contributed by atoms with Gasteiger partial charge in [0.25, 0.3) is 0 Å². The molecule has 152 valence electrons. The fourth-order valence-corrected chi connectivity index (χ4v) is 4.80. The first kappa shape index (κ1) is 20.6. The van der Waals surface area contributed by atoms with Gasteiger partial charge < -0.3 is 9.30 Å². The van der Waals surface area contributed by atoms with Crippen molar-refractivity contribution in [1.29, 1.82) is 0 Å². The Kier molecular flexibility index (Phi) is 6.53. The van der Waals surface area contributed by atoms with Gasteiger partial charge in [-0.15, -0.1) is 0 Å². The molecule has 1 N–H and O–H groups in total. The summed E-state index contributed by atoms with van der Waals surface area (Å²) in [6.07, 6.45) is 2.95. The molecule has 1 aromatic carbocycles. The maximum absolute atomic E-state index is 12.7. The van der Waals surface area contributed by atoms with Crippen LogP contribution in [0.4, 0.5) is 0 Å². The minimum atomic E-state index is -3.68. The van der Waals surface area contributed by atoms with E-state index in [0.29, 0.717) is 0 Å². The molecule has 0 unspecified atom stereocenters. The molecular weight excluding hydrogens is 378 g/mol. The lowest BCUT2D eigenvalue weighted by Crippen LogP contribution is -2.44. The number of ether oxygens (including phenoxy) is 1. The van der Waals surface area contributed by atoms with Crippen LogP contribution < -0.4 is 4.72 Å². The monoisotopic (exact) mass is 405 g/mol. The molecule has 1 aliphatic heterocycles. The molecule has 1 aliphatic rings. The number of nitrogens with one attached hydrogen (secondary N) is 1. The van der Waals surface area contributed by atoms with Gasteiger partial charge in [-0.05, 0) is 31.4 Å². The smallest absolute Gasteiger partial charge is 0.354 e. The van der Waals surface area contributed by atoms with Crippen LogP contribution in [0.1, 0.15) is 35.8 Å². The maximum atomic E-state index is 12.7. The van der Waals surface area contributed by atoms with E-state index >= 15 is 0 Å². The molecule has 0 bridgehead atoms. The predicted molar refractivity (Wildman–Crippen MR) is 106 cm³/mol. The lowest BCUT2D eigenvalue weighted by Gasteiger charge is -2.32. The van der Waals surface area contributed by atoms with Gasteiger partial charge in [0, 0.05) is 38.9 Å². The van der Waals surface area contributed by atoms with Crippen molar-refractivity contribution in [3.8, 4) is 0 Å². The first-order valence-electron chi connectivity index (χ1n) is 9.51. The number of hydrogen-bond acceptors (Lipinski definition) is 5. The molecular formula is C20H27N3O4S. The highest BCUT2D eigenvalue weighted by Crippen LogP contribution is 2.19. The van der Waals surface area contributed by atoms with Crippen LogP contribution in [0.25, 0.3) is 0 Å². The maximum Gasteiger partial charge on any atom is 0.354 e. The second-order valence-corrected chi connectivity index (χ2v) is 8.76. The van der Waals surface area contributed by atoms with E-state index < -0.39 is 16.0 Å². The molecule has 0 spiro atoms. The quantitative estimate of drug-likeness (QED) is 0.714. The van der Waals surface area contributed by atoms with Crippen LogP contribution in [0.3, 0.4) is 0 Å². The molecule has 2 aromatic rings. The zero-order chi connectivity index (χ0) is 20.1. The number of rotatable bonds is 7. The van der Waals surface area contributed by atoms with Crippen LogP contribution in [-0.2, 0) is 28.4 Å². The third-order valence-corrected chi connectivity index (χ3v) is 6.42. The van der Waals surface area contributed by atoms with Crippen molar-refractivity contribution in [2.24, 2.45) is 7.05 Å². The Hall–Kier alpha value is -2.16. The fraction of sp³-hybridized carbons (Fsp3) is 0.450. The SMILES string of the molecule is CCOC(=O)c1cc(S(=O)(=O)NC2CCN(Cc3ccccc3)CC2)cn1C. The third kappa shape index (κ3) is 5.01. The number of sulfonamides is 1. The normalized spacial score (nSPS) is 16.2. The van der Waals surface area contributed by atoms with E-state index in [1.807, 2.05) is 18.2 Å². The standard InChI is InChI=1S/C20H27N3O4S/c1-3-27-20(24)19-13-18(15-22(19)2)28(25,26)21-17-9-11-23(12-10-17)14-16-7-5-4-6-8-16/h4-8,13,15,17,21H,3,9-12,14H2,1-2H3. The lowest BCUT2D eigenvalue weighted by atomic mass is 10.1. The Labute approximate surface area is 166 Å². The Bertz CT molecular complexity index is 901. The average Bonchev–Trinajstić information content (AvgIpc) is 3.07. The number of piperidine rings is 1. The summed E-state index contributed by atoms with van der Waals surface area (Å²) in [6, 6.07) is 11.5. The zero-order valence-electron chi connectivity index (χ0n) is 16.3. The van der Waals surface area contributed by atoms with Gasteiger partial charge in [-0.1, -0.05) is 30.3 Å². The fourth-order valence-electron chi connectivity index (χ4n) is 3.43. The molecule has 1 aromatic heterocycles. The van der Waals surface area contributed by atoms with Gasteiger partial charge in [0.1, 0.15) is 10.6 Å². The van der Waals surface area contributed by atoms with Crippen LogP contribution in [0, 0.1) is 0 Å². The van der Waals surface area contributed by atoms with Gasteiger partial charge >= 0.3 is 5.97 Å². The minimum absolute atomic E-state index is 0.0877. The zero-order valence-corrected chi connectivity index (χ0v) is 17.1. The lowest BCUT2D eigenvalue weighted by molar-refractivity contribution is 0.0515.